The van der Waals surface area contributed by atoms with Crippen LogP contribution in [0.2, 0.25) is 10.0 Å². The van der Waals surface area contributed by atoms with Crippen LogP contribution in [0, 0.1) is 0 Å². The van der Waals surface area contributed by atoms with Crippen LogP contribution in [0.15, 0.2) is 30.5 Å². The zero-order chi connectivity index (χ0) is 14.8. The SMILES string of the molecule is CC[N+](CC)(CC)n1ccc(-c2cc(Cl)cc(Cl)c2)n1. The van der Waals surface area contributed by atoms with Crippen molar-refractivity contribution in [1.29, 1.82) is 0 Å². The zero-order valence-electron chi connectivity index (χ0n) is 12.1. The van der Waals surface area contributed by atoms with Crippen LogP contribution in [0.4, 0.5) is 0 Å². The van der Waals surface area contributed by atoms with Gasteiger partial charge in [-0.05, 0) is 45.0 Å². The molecule has 0 aliphatic rings. The van der Waals surface area contributed by atoms with E-state index < -0.39 is 0 Å². The van der Waals surface area contributed by atoms with E-state index in [1.165, 1.54) is 0 Å². The molecular formula is C15H20Cl2N3+. The molecule has 1 aromatic heterocycles. The van der Waals surface area contributed by atoms with Crippen molar-refractivity contribution in [2.45, 2.75) is 20.8 Å². The average Bonchev–Trinajstić information content (AvgIpc) is 2.91. The Morgan fingerprint density at radius 3 is 2.05 bits per heavy atom. The number of aromatic nitrogens is 2. The third-order valence-electron chi connectivity index (χ3n) is 3.93. The van der Waals surface area contributed by atoms with Gasteiger partial charge >= 0.3 is 0 Å². The predicted octanol–water partition coefficient (Wildman–Crippen LogP) is 4.36. The molecule has 0 saturated carbocycles. The number of halogens is 2. The molecule has 0 bridgehead atoms. The lowest BCUT2D eigenvalue weighted by Crippen LogP contribution is -2.58. The minimum absolute atomic E-state index is 0.629. The van der Waals surface area contributed by atoms with Crippen LogP contribution in [0.25, 0.3) is 11.3 Å². The number of hydrogen-bond acceptors (Lipinski definition) is 1. The molecule has 0 unspecified atom stereocenters. The van der Waals surface area contributed by atoms with Crippen LogP contribution in [0.3, 0.4) is 0 Å². The molecule has 20 heavy (non-hydrogen) atoms. The van der Waals surface area contributed by atoms with Crippen molar-refractivity contribution in [1.82, 2.24) is 14.5 Å². The smallest absolute Gasteiger partial charge is 0.100 e. The van der Waals surface area contributed by atoms with Gasteiger partial charge in [-0.3, -0.25) is 0 Å². The van der Waals surface area contributed by atoms with Gasteiger partial charge in [-0.2, -0.15) is 0 Å². The fourth-order valence-electron chi connectivity index (χ4n) is 2.51. The van der Waals surface area contributed by atoms with Gasteiger partial charge in [0.1, 0.15) is 19.6 Å². The summed E-state index contributed by atoms with van der Waals surface area (Å²) in [6.45, 7) is 9.57. The maximum absolute atomic E-state index is 6.06. The summed E-state index contributed by atoms with van der Waals surface area (Å²) >= 11 is 12.1. The second-order valence-corrected chi connectivity index (χ2v) is 5.70. The number of rotatable bonds is 5. The maximum atomic E-state index is 6.06. The molecule has 0 radical (unpaired) electrons. The minimum atomic E-state index is 0.629. The van der Waals surface area contributed by atoms with Crippen molar-refractivity contribution in [3.8, 4) is 11.3 Å². The van der Waals surface area contributed by atoms with Crippen LogP contribution in [-0.2, 0) is 0 Å². The normalized spacial score (nSPS) is 11.8. The van der Waals surface area contributed by atoms with E-state index in [0.717, 1.165) is 35.5 Å². The molecule has 0 aliphatic carbocycles. The highest BCUT2D eigenvalue weighted by Crippen LogP contribution is 2.26. The summed E-state index contributed by atoms with van der Waals surface area (Å²) in [6, 6.07) is 7.52. The van der Waals surface area contributed by atoms with E-state index in [-0.39, 0.29) is 0 Å². The molecule has 2 aromatic rings. The lowest BCUT2D eigenvalue weighted by Gasteiger charge is -2.33. The van der Waals surface area contributed by atoms with E-state index in [2.05, 4.69) is 20.8 Å². The molecule has 3 nitrogen and oxygen atoms in total. The third kappa shape index (κ3) is 2.85. The molecule has 0 spiro atoms. The summed E-state index contributed by atoms with van der Waals surface area (Å²) in [5, 5.41) is 5.98. The van der Waals surface area contributed by atoms with Gasteiger partial charge in [-0.25, -0.2) is 4.59 Å². The Bertz CT molecular complexity index is 560. The summed E-state index contributed by atoms with van der Waals surface area (Å²) < 4.78 is 0.814. The maximum Gasteiger partial charge on any atom is 0.100 e. The van der Waals surface area contributed by atoms with E-state index in [1.807, 2.05) is 29.2 Å². The first-order chi connectivity index (χ1) is 9.54. The summed E-state index contributed by atoms with van der Waals surface area (Å²) in [5.74, 6) is 0. The minimum Gasteiger partial charge on any atom is -0.201 e. The summed E-state index contributed by atoms with van der Waals surface area (Å²) in [4.78, 5) is 2.03. The lowest BCUT2D eigenvalue weighted by atomic mass is 10.2. The summed E-state index contributed by atoms with van der Waals surface area (Å²) in [7, 11) is 0. The van der Waals surface area contributed by atoms with Crippen molar-refractivity contribution in [3.05, 3.63) is 40.5 Å². The van der Waals surface area contributed by atoms with Crippen LogP contribution in [0.5, 0.6) is 0 Å². The van der Waals surface area contributed by atoms with E-state index in [9.17, 15) is 0 Å². The Morgan fingerprint density at radius 2 is 1.55 bits per heavy atom. The van der Waals surface area contributed by atoms with Crippen molar-refractivity contribution < 1.29 is 0 Å². The Balaban J connectivity index is 2.42. The Labute approximate surface area is 130 Å². The molecule has 1 heterocycles. The number of benzene rings is 1. The first-order valence-corrected chi connectivity index (χ1v) is 7.69. The zero-order valence-corrected chi connectivity index (χ0v) is 13.6. The first kappa shape index (κ1) is 15.4. The molecule has 1 aromatic carbocycles. The van der Waals surface area contributed by atoms with E-state index in [1.54, 1.807) is 6.07 Å². The van der Waals surface area contributed by atoms with Gasteiger partial charge in [0.05, 0.1) is 11.9 Å². The molecule has 0 atom stereocenters. The summed E-state index contributed by atoms with van der Waals surface area (Å²) in [5.41, 5.74) is 1.84. The predicted molar refractivity (Wildman–Crippen MR) is 86.8 cm³/mol. The third-order valence-corrected chi connectivity index (χ3v) is 4.37. The van der Waals surface area contributed by atoms with Crippen molar-refractivity contribution in [2.24, 2.45) is 0 Å². The van der Waals surface area contributed by atoms with Gasteiger partial charge < -0.3 is 0 Å². The standard InChI is InChI=1S/C15H20Cl2N3/c1-4-20(5-2,6-3)19-8-7-15(18-19)12-9-13(16)11-14(17)10-12/h7-11H,4-6H2,1-3H3/q+1. The molecule has 108 valence electrons. The topological polar surface area (TPSA) is 17.8 Å². The fourth-order valence-corrected chi connectivity index (χ4v) is 3.04. The van der Waals surface area contributed by atoms with Crippen LogP contribution in [-0.4, -0.2) is 29.5 Å². The van der Waals surface area contributed by atoms with E-state index in [4.69, 9.17) is 28.3 Å². The molecule has 0 fully saturated rings. The van der Waals surface area contributed by atoms with Crippen molar-refractivity contribution in [3.63, 3.8) is 0 Å². The molecule has 5 heteroatoms. The van der Waals surface area contributed by atoms with Crippen LogP contribution in [0.1, 0.15) is 20.8 Å². The van der Waals surface area contributed by atoms with Crippen molar-refractivity contribution >= 4 is 23.2 Å². The number of quaternary nitrogens is 1. The lowest BCUT2D eigenvalue weighted by molar-refractivity contribution is 0.121. The van der Waals surface area contributed by atoms with Gasteiger partial charge in [-0.1, -0.05) is 23.2 Å². The summed E-state index contributed by atoms with van der Waals surface area (Å²) in [6.07, 6.45) is 2.03. The number of nitrogens with zero attached hydrogens (tertiary/aromatic N) is 3. The molecule has 0 N–H and O–H groups in total. The van der Waals surface area contributed by atoms with Crippen LogP contribution < -0.4 is 4.59 Å². The second-order valence-electron chi connectivity index (χ2n) is 4.82. The Hall–Kier alpha value is -1.03. The Kier molecular flexibility index (Phi) is 4.74. The Morgan fingerprint density at radius 1 is 1.00 bits per heavy atom. The monoisotopic (exact) mass is 312 g/mol. The molecule has 0 aliphatic heterocycles. The van der Waals surface area contributed by atoms with Crippen LogP contribution >= 0.6 is 23.2 Å². The molecular weight excluding hydrogens is 293 g/mol. The fraction of sp³-hybridized carbons (Fsp3) is 0.400. The van der Waals surface area contributed by atoms with Gasteiger partial charge in [0.25, 0.3) is 0 Å². The van der Waals surface area contributed by atoms with Gasteiger partial charge in [0.15, 0.2) is 0 Å². The molecule has 2 rings (SSSR count). The highest BCUT2D eigenvalue weighted by Gasteiger charge is 2.25. The van der Waals surface area contributed by atoms with Gasteiger partial charge in [-0.15, -0.1) is 9.89 Å². The highest BCUT2D eigenvalue weighted by atomic mass is 35.5. The highest BCUT2D eigenvalue weighted by molar-refractivity contribution is 6.35. The number of hydrogen-bond donors (Lipinski definition) is 0. The van der Waals surface area contributed by atoms with E-state index in [0.29, 0.717) is 10.0 Å². The largest absolute Gasteiger partial charge is 0.201 e. The second kappa shape index (κ2) is 6.17. The average molecular weight is 313 g/mol. The van der Waals surface area contributed by atoms with Gasteiger partial charge in [0, 0.05) is 15.6 Å². The van der Waals surface area contributed by atoms with Gasteiger partial charge in [0.2, 0.25) is 0 Å². The first-order valence-electron chi connectivity index (χ1n) is 6.93. The van der Waals surface area contributed by atoms with E-state index >= 15 is 0 Å². The molecule has 0 saturated heterocycles. The molecule has 0 amide bonds. The quantitative estimate of drug-likeness (QED) is 0.750. The van der Waals surface area contributed by atoms with Crippen molar-refractivity contribution in [2.75, 3.05) is 19.6 Å².